The molecule has 0 atom stereocenters. The SMILES string of the molecule is Cc1cc(Cl)cc(C)c1Oc1c(C(N)=NO)c(C)nn1C. The van der Waals surface area contributed by atoms with E-state index in [-0.39, 0.29) is 5.84 Å². The Bertz CT molecular complexity index is 699. The van der Waals surface area contributed by atoms with Gasteiger partial charge in [0, 0.05) is 12.1 Å². The number of ether oxygens (including phenoxy) is 1. The van der Waals surface area contributed by atoms with E-state index in [1.807, 2.05) is 26.0 Å². The molecule has 7 heteroatoms. The second-order valence-electron chi connectivity index (χ2n) is 4.85. The Balaban J connectivity index is 2.55. The smallest absolute Gasteiger partial charge is 0.229 e. The summed E-state index contributed by atoms with van der Waals surface area (Å²) in [5, 5.41) is 16.8. The van der Waals surface area contributed by atoms with E-state index in [9.17, 15) is 0 Å². The summed E-state index contributed by atoms with van der Waals surface area (Å²) in [7, 11) is 1.73. The molecule has 1 aromatic heterocycles. The zero-order chi connectivity index (χ0) is 15.7. The molecule has 1 aromatic carbocycles. The lowest BCUT2D eigenvalue weighted by Crippen LogP contribution is -2.15. The van der Waals surface area contributed by atoms with Crippen molar-refractivity contribution in [2.45, 2.75) is 20.8 Å². The summed E-state index contributed by atoms with van der Waals surface area (Å²) in [4.78, 5) is 0. The Morgan fingerprint density at radius 2 is 1.90 bits per heavy atom. The zero-order valence-corrected chi connectivity index (χ0v) is 13.1. The summed E-state index contributed by atoms with van der Waals surface area (Å²) < 4.78 is 7.52. The maximum atomic E-state index is 8.91. The van der Waals surface area contributed by atoms with Crippen LogP contribution in [0, 0.1) is 20.8 Å². The first kappa shape index (κ1) is 15.2. The summed E-state index contributed by atoms with van der Waals surface area (Å²) in [6, 6.07) is 3.63. The summed E-state index contributed by atoms with van der Waals surface area (Å²) in [5.41, 5.74) is 8.58. The van der Waals surface area contributed by atoms with Crippen molar-refractivity contribution in [2.75, 3.05) is 0 Å². The number of hydrogen-bond donors (Lipinski definition) is 2. The largest absolute Gasteiger partial charge is 0.438 e. The average Bonchev–Trinajstić information content (AvgIpc) is 2.67. The third kappa shape index (κ3) is 2.80. The molecule has 0 aliphatic heterocycles. The predicted octanol–water partition coefficient (Wildman–Crippen LogP) is 2.89. The fraction of sp³-hybridized carbons (Fsp3) is 0.286. The molecule has 21 heavy (non-hydrogen) atoms. The van der Waals surface area contributed by atoms with E-state index in [0.29, 0.717) is 27.9 Å². The van der Waals surface area contributed by atoms with Gasteiger partial charge in [0.2, 0.25) is 5.88 Å². The van der Waals surface area contributed by atoms with Gasteiger partial charge in [0.25, 0.3) is 0 Å². The van der Waals surface area contributed by atoms with E-state index in [1.54, 1.807) is 18.7 Å². The molecule has 0 saturated heterocycles. The number of rotatable bonds is 3. The van der Waals surface area contributed by atoms with E-state index in [2.05, 4.69) is 10.3 Å². The number of oxime groups is 1. The number of amidine groups is 1. The molecular weight excluding hydrogens is 292 g/mol. The van der Waals surface area contributed by atoms with Crippen molar-refractivity contribution in [1.82, 2.24) is 9.78 Å². The molecule has 0 amide bonds. The number of aryl methyl sites for hydroxylation is 4. The van der Waals surface area contributed by atoms with Crippen molar-refractivity contribution in [2.24, 2.45) is 17.9 Å². The first-order valence-corrected chi connectivity index (χ1v) is 6.69. The number of hydrogen-bond acceptors (Lipinski definition) is 4. The molecule has 2 rings (SSSR count). The normalized spacial score (nSPS) is 11.8. The van der Waals surface area contributed by atoms with Crippen LogP contribution in [0.25, 0.3) is 0 Å². The van der Waals surface area contributed by atoms with Gasteiger partial charge in [-0.2, -0.15) is 5.10 Å². The molecule has 112 valence electrons. The van der Waals surface area contributed by atoms with Gasteiger partial charge in [-0.3, -0.25) is 0 Å². The lowest BCUT2D eigenvalue weighted by Gasteiger charge is -2.13. The Hall–Kier alpha value is -2.21. The minimum absolute atomic E-state index is 0.0418. The maximum Gasteiger partial charge on any atom is 0.229 e. The van der Waals surface area contributed by atoms with E-state index in [0.717, 1.165) is 11.1 Å². The second-order valence-corrected chi connectivity index (χ2v) is 5.28. The quantitative estimate of drug-likeness (QED) is 0.395. The Morgan fingerprint density at radius 1 is 1.33 bits per heavy atom. The first-order valence-electron chi connectivity index (χ1n) is 6.31. The number of benzene rings is 1. The highest BCUT2D eigenvalue weighted by molar-refractivity contribution is 6.30. The van der Waals surface area contributed by atoms with Crippen LogP contribution in [0.1, 0.15) is 22.4 Å². The van der Waals surface area contributed by atoms with Crippen LogP contribution in [0.5, 0.6) is 11.6 Å². The summed E-state index contributed by atoms with van der Waals surface area (Å²) in [6.45, 7) is 5.57. The van der Waals surface area contributed by atoms with Crippen LogP contribution in [-0.2, 0) is 7.05 Å². The number of halogens is 1. The lowest BCUT2D eigenvalue weighted by atomic mass is 10.1. The topological polar surface area (TPSA) is 85.7 Å². The molecule has 0 aliphatic rings. The van der Waals surface area contributed by atoms with Crippen LogP contribution in [0.4, 0.5) is 0 Å². The molecule has 0 spiro atoms. The summed E-state index contributed by atoms with van der Waals surface area (Å²) in [5.74, 6) is 1.05. The molecule has 3 N–H and O–H groups in total. The highest BCUT2D eigenvalue weighted by Crippen LogP contribution is 2.33. The number of nitrogens with two attached hydrogens (primary N) is 1. The highest BCUT2D eigenvalue weighted by Gasteiger charge is 2.20. The molecule has 2 aromatic rings. The predicted molar refractivity (Wildman–Crippen MR) is 81.5 cm³/mol. The standard InChI is InChI=1S/C14H17ClN4O2/c1-7-5-10(15)6-8(2)12(7)21-14-11(13(16)18-20)9(3)17-19(14)4/h5-6,20H,1-4H3,(H2,16,18). The molecule has 0 fully saturated rings. The van der Waals surface area contributed by atoms with E-state index >= 15 is 0 Å². The van der Waals surface area contributed by atoms with Gasteiger partial charge in [-0.05, 0) is 44.0 Å². The summed E-state index contributed by atoms with van der Waals surface area (Å²) >= 11 is 6.02. The lowest BCUT2D eigenvalue weighted by molar-refractivity contribution is 0.318. The fourth-order valence-corrected chi connectivity index (χ4v) is 2.58. The van der Waals surface area contributed by atoms with Gasteiger partial charge in [0.15, 0.2) is 5.84 Å². The van der Waals surface area contributed by atoms with Crippen molar-refractivity contribution < 1.29 is 9.94 Å². The van der Waals surface area contributed by atoms with Gasteiger partial charge in [-0.25, -0.2) is 4.68 Å². The molecule has 0 bridgehead atoms. The Kier molecular flexibility index (Phi) is 4.09. The number of nitrogens with zero attached hydrogens (tertiary/aromatic N) is 3. The third-order valence-corrected chi connectivity index (χ3v) is 3.38. The van der Waals surface area contributed by atoms with Crippen LogP contribution in [0.15, 0.2) is 17.3 Å². The summed E-state index contributed by atoms with van der Waals surface area (Å²) in [6.07, 6.45) is 0. The Morgan fingerprint density at radius 3 is 2.43 bits per heavy atom. The highest BCUT2D eigenvalue weighted by atomic mass is 35.5. The minimum Gasteiger partial charge on any atom is -0.438 e. The van der Waals surface area contributed by atoms with E-state index in [4.69, 9.17) is 27.3 Å². The molecule has 0 saturated carbocycles. The van der Waals surface area contributed by atoms with Gasteiger partial charge < -0.3 is 15.7 Å². The third-order valence-electron chi connectivity index (χ3n) is 3.16. The second kappa shape index (κ2) is 5.65. The van der Waals surface area contributed by atoms with Gasteiger partial charge >= 0.3 is 0 Å². The monoisotopic (exact) mass is 308 g/mol. The zero-order valence-electron chi connectivity index (χ0n) is 12.3. The molecule has 0 radical (unpaired) electrons. The van der Waals surface area contributed by atoms with Gasteiger partial charge in [-0.1, -0.05) is 16.8 Å². The van der Waals surface area contributed by atoms with E-state index < -0.39 is 0 Å². The minimum atomic E-state index is -0.0418. The first-order chi connectivity index (χ1) is 9.85. The van der Waals surface area contributed by atoms with E-state index in [1.165, 1.54) is 0 Å². The van der Waals surface area contributed by atoms with Crippen molar-refractivity contribution >= 4 is 17.4 Å². The van der Waals surface area contributed by atoms with Crippen LogP contribution in [0.3, 0.4) is 0 Å². The average molecular weight is 309 g/mol. The van der Waals surface area contributed by atoms with Gasteiger partial charge in [0.05, 0.1) is 5.69 Å². The molecule has 1 heterocycles. The Labute approximate surface area is 127 Å². The molecule has 6 nitrogen and oxygen atoms in total. The molecule has 0 aliphatic carbocycles. The van der Waals surface area contributed by atoms with Crippen molar-refractivity contribution in [3.05, 3.63) is 39.5 Å². The van der Waals surface area contributed by atoms with Crippen LogP contribution < -0.4 is 10.5 Å². The van der Waals surface area contributed by atoms with Crippen LogP contribution in [0.2, 0.25) is 5.02 Å². The van der Waals surface area contributed by atoms with Gasteiger partial charge in [-0.15, -0.1) is 0 Å². The van der Waals surface area contributed by atoms with Crippen LogP contribution >= 0.6 is 11.6 Å². The fourth-order valence-electron chi connectivity index (χ4n) is 2.25. The van der Waals surface area contributed by atoms with Crippen molar-refractivity contribution in [3.8, 4) is 11.6 Å². The van der Waals surface area contributed by atoms with Crippen LogP contribution in [-0.4, -0.2) is 20.8 Å². The maximum absolute atomic E-state index is 8.91. The number of aromatic nitrogens is 2. The molecule has 0 unspecified atom stereocenters. The van der Waals surface area contributed by atoms with Crippen molar-refractivity contribution in [3.63, 3.8) is 0 Å². The van der Waals surface area contributed by atoms with Gasteiger partial charge in [0.1, 0.15) is 11.3 Å². The van der Waals surface area contributed by atoms with Crippen molar-refractivity contribution in [1.29, 1.82) is 0 Å². The molecular formula is C14H17ClN4O2.